The topological polar surface area (TPSA) is 94.9 Å². The summed E-state index contributed by atoms with van der Waals surface area (Å²) < 4.78 is 25.9. The first-order chi connectivity index (χ1) is 8.73. The molecule has 0 saturated carbocycles. The van der Waals surface area contributed by atoms with Crippen molar-refractivity contribution in [2.75, 3.05) is 6.54 Å². The Balaban J connectivity index is 2.41. The van der Waals surface area contributed by atoms with E-state index < -0.39 is 28.1 Å². The van der Waals surface area contributed by atoms with Gasteiger partial charge in [0.25, 0.3) is 10.0 Å². The van der Waals surface area contributed by atoms with Crippen LogP contribution in [0.2, 0.25) is 5.02 Å². The number of sulfonamides is 1. The molecule has 0 unspecified atom stereocenters. The number of hydrogen-bond donors (Lipinski definition) is 2. The molecule has 0 bridgehead atoms. The van der Waals surface area contributed by atoms with Crippen LogP contribution in [0.25, 0.3) is 0 Å². The Morgan fingerprint density at radius 1 is 1.58 bits per heavy atom. The average molecular weight is 391 g/mol. The van der Waals surface area contributed by atoms with Crippen molar-refractivity contribution in [3.05, 3.63) is 14.9 Å². The lowest BCUT2D eigenvalue weighted by Crippen LogP contribution is -2.40. The summed E-state index contributed by atoms with van der Waals surface area (Å²) in [6.45, 7) is -0.230. The van der Waals surface area contributed by atoms with Crippen molar-refractivity contribution in [2.24, 2.45) is 0 Å². The van der Waals surface area contributed by atoms with Crippen LogP contribution in [0.4, 0.5) is 0 Å². The molecule has 1 fully saturated rings. The van der Waals surface area contributed by atoms with Gasteiger partial charge in [-0.2, -0.15) is 4.31 Å². The van der Waals surface area contributed by atoms with Gasteiger partial charge in [0, 0.05) is 13.0 Å². The van der Waals surface area contributed by atoms with E-state index in [1.807, 2.05) is 0 Å². The van der Waals surface area contributed by atoms with Gasteiger partial charge < -0.3 is 10.2 Å². The fourth-order valence-corrected chi connectivity index (χ4v) is 6.00. The average Bonchev–Trinajstić information content (AvgIpc) is 2.84. The molecule has 0 aromatic carbocycles. The molecule has 10 heteroatoms. The Labute approximate surface area is 126 Å². The third-order valence-electron chi connectivity index (χ3n) is 2.70. The maximum absolute atomic E-state index is 12.3. The number of aliphatic hydroxyl groups excluding tert-OH is 1. The summed E-state index contributed by atoms with van der Waals surface area (Å²) in [6, 6.07) is 0.00885. The summed E-state index contributed by atoms with van der Waals surface area (Å²) in [5.41, 5.74) is 0. The van der Waals surface area contributed by atoms with Crippen LogP contribution in [0.3, 0.4) is 0 Å². The summed E-state index contributed by atoms with van der Waals surface area (Å²) in [5, 5.41) is 18.8. The van der Waals surface area contributed by atoms with E-state index in [4.69, 9.17) is 16.7 Å². The zero-order valence-corrected chi connectivity index (χ0v) is 13.3. The first-order valence-electron chi connectivity index (χ1n) is 5.11. The summed E-state index contributed by atoms with van der Waals surface area (Å²) in [5.74, 6) is -1.28. The summed E-state index contributed by atoms with van der Waals surface area (Å²) in [6.07, 6.45) is -1.09. The van der Waals surface area contributed by atoms with Gasteiger partial charge in [0.1, 0.15) is 10.3 Å². The molecule has 0 amide bonds. The molecular formula is C9H9BrClNO5S2. The van der Waals surface area contributed by atoms with Crippen LogP contribution < -0.4 is 0 Å². The minimum atomic E-state index is -3.97. The predicted molar refractivity (Wildman–Crippen MR) is 73.0 cm³/mol. The Kier molecular flexibility index (Phi) is 4.24. The molecule has 0 spiro atoms. The van der Waals surface area contributed by atoms with E-state index in [1.54, 1.807) is 0 Å². The second-order valence-electron chi connectivity index (χ2n) is 4.01. The SMILES string of the molecule is O=C(O)[C@@H]1C[C@H](O)CN1S(=O)(=O)c1cc(Cl)c(Br)s1. The maximum atomic E-state index is 12.3. The Hall–Kier alpha value is -0.190. The molecule has 0 radical (unpaired) electrons. The molecule has 1 aliphatic heterocycles. The van der Waals surface area contributed by atoms with Crippen molar-refractivity contribution < 1.29 is 23.4 Å². The number of aliphatic carboxylic acids is 1. The number of carboxylic acids is 1. The van der Waals surface area contributed by atoms with E-state index in [2.05, 4.69) is 15.9 Å². The number of thiophene rings is 1. The number of β-amino-alcohol motifs (C(OH)–C–C–N with tert-alkyl or cyclic N) is 1. The van der Waals surface area contributed by atoms with Crippen molar-refractivity contribution in [3.63, 3.8) is 0 Å². The molecule has 0 aliphatic carbocycles. The quantitative estimate of drug-likeness (QED) is 0.813. The first kappa shape index (κ1) is 15.2. The van der Waals surface area contributed by atoms with Crippen molar-refractivity contribution >= 4 is 54.9 Å². The summed E-state index contributed by atoms with van der Waals surface area (Å²) in [4.78, 5) is 11.1. The van der Waals surface area contributed by atoms with E-state index in [-0.39, 0.29) is 22.2 Å². The predicted octanol–water partition coefficient (Wildman–Crippen LogP) is 1.37. The number of aliphatic hydroxyl groups is 1. The largest absolute Gasteiger partial charge is 0.480 e. The van der Waals surface area contributed by atoms with Gasteiger partial charge in [-0.05, 0) is 22.0 Å². The fraction of sp³-hybridized carbons (Fsp3) is 0.444. The standard InChI is InChI=1S/C9H9BrClNO5S2/c10-8-5(11)2-7(18-8)19(16,17)12-3-4(13)1-6(12)9(14)15/h2,4,6,13H,1,3H2,(H,14,15)/t4-,6-/m0/s1. The van der Waals surface area contributed by atoms with Gasteiger partial charge >= 0.3 is 5.97 Å². The minimum Gasteiger partial charge on any atom is -0.480 e. The molecule has 1 aliphatic rings. The highest BCUT2D eigenvalue weighted by molar-refractivity contribution is 9.11. The van der Waals surface area contributed by atoms with Crippen LogP contribution in [-0.4, -0.2) is 47.6 Å². The molecule has 6 nitrogen and oxygen atoms in total. The number of rotatable bonds is 3. The minimum absolute atomic E-state index is 0.0512. The van der Waals surface area contributed by atoms with Gasteiger partial charge in [-0.3, -0.25) is 4.79 Å². The van der Waals surface area contributed by atoms with Gasteiger partial charge in [-0.1, -0.05) is 11.6 Å². The first-order valence-corrected chi connectivity index (χ1v) is 8.53. The Bertz CT molecular complexity index is 597. The van der Waals surface area contributed by atoms with Crippen molar-refractivity contribution in [2.45, 2.75) is 22.8 Å². The lowest BCUT2D eigenvalue weighted by atomic mass is 10.2. The normalized spacial score (nSPS) is 24.8. The molecule has 1 aromatic rings. The third kappa shape index (κ3) is 2.81. The van der Waals surface area contributed by atoms with Crippen molar-refractivity contribution in [1.29, 1.82) is 0 Å². The smallest absolute Gasteiger partial charge is 0.322 e. The van der Waals surface area contributed by atoms with Gasteiger partial charge in [0.2, 0.25) is 0 Å². The van der Waals surface area contributed by atoms with Crippen molar-refractivity contribution in [1.82, 2.24) is 4.31 Å². The molecule has 2 heterocycles. The number of carboxylic acid groups (broad SMARTS) is 1. The Morgan fingerprint density at radius 2 is 2.21 bits per heavy atom. The van der Waals surface area contributed by atoms with E-state index in [0.717, 1.165) is 15.6 Å². The van der Waals surface area contributed by atoms with Gasteiger partial charge in [-0.25, -0.2) is 8.42 Å². The van der Waals surface area contributed by atoms with Crippen LogP contribution >= 0.6 is 38.9 Å². The summed E-state index contributed by atoms with van der Waals surface area (Å²) >= 11 is 9.80. The van der Waals surface area contributed by atoms with Crippen LogP contribution in [0.1, 0.15) is 6.42 Å². The lowest BCUT2D eigenvalue weighted by Gasteiger charge is -2.19. The van der Waals surface area contributed by atoms with Crippen LogP contribution in [0.15, 0.2) is 14.1 Å². The highest BCUT2D eigenvalue weighted by Gasteiger charge is 2.44. The van der Waals surface area contributed by atoms with E-state index in [0.29, 0.717) is 3.79 Å². The number of hydrogen-bond acceptors (Lipinski definition) is 5. The zero-order chi connectivity index (χ0) is 14.4. The van der Waals surface area contributed by atoms with Crippen LogP contribution in [0.5, 0.6) is 0 Å². The Morgan fingerprint density at radius 3 is 2.68 bits per heavy atom. The van der Waals surface area contributed by atoms with Gasteiger partial charge in [0.05, 0.1) is 14.9 Å². The zero-order valence-electron chi connectivity index (χ0n) is 9.29. The van der Waals surface area contributed by atoms with Crippen LogP contribution in [0, 0.1) is 0 Å². The van der Waals surface area contributed by atoms with Gasteiger partial charge in [0.15, 0.2) is 0 Å². The molecule has 1 saturated heterocycles. The molecule has 2 rings (SSSR count). The third-order valence-corrected chi connectivity index (χ3v) is 7.50. The van der Waals surface area contributed by atoms with E-state index >= 15 is 0 Å². The molecule has 1 aromatic heterocycles. The van der Waals surface area contributed by atoms with Crippen molar-refractivity contribution in [3.8, 4) is 0 Å². The molecule has 2 atom stereocenters. The maximum Gasteiger partial charge on any atom is 0.322 e. The molecule has 19 heavy (non-hydrogen) atoms. The second kappa shape index (κ2) is 5.30. The highest BCUT2D eigenvalue weighted by Crippen LogP contribution is 2.37. The number of carbonyl (C=O) groups is 1. The number of nitrogens with zero attached hydrogens (tertiary/aromatic N) is 1. The highest BCUT2D eigenvalue weighted by atomic mass is 79.9. The second-order valence-corrected chi connectivity index (χ2v) is 8.90. The molecule has 106 valence electrons. The lowest BCUT2D eigenvalue weighted by molar-refractivity contribution is -0.140. The fourth-order valence-electron chi connectivity index (χ4n) is 1.84. The number of halogens is 2. The molecular weight excluding hydrogens is 382 g/mol. The summed E-state index contributed by atoms with van der Waals surface area (Å²) in [7, 11) is -3.97. The van der Waals surface area contributed by atoms with Crippen LogP contribution in [-0.2, 0) is 14.8 Å². The van der Waals surface area contributed by atoms with Gasteiger partial charge in [-0.15, -0.1) is 11.3 Å². The monoisotopic (exact) mass is 389 g/mol. The molecule has 2 N–H and O–H groups in total. The van der Waals surface area contributed by atoms with E-state index in [9.17, 15) is 18.3 Å². The van der Waals surface area contributed by atoms with E-state index in [1.165, 1.54) is 6.07 Å².